The molecule has 0 aromatic heterocycles. The van der Waals surface area contributed by atoms with Crippen molar-refractivity contribution < 1.29 is 15.0 Å². The van der Waals surface area contributed by atoms with Crippen LogP contribution in [0.15, 0.2) is 24.3 Å². The van der Waals surface area contributed by atoms with Crippen LogP contribution in [0.3, 0.4) is 0 Å². The molecule has 15 heavy (non-hydrogen) atoms. The van der Waals surface area contributed by atoms with Gasteiger partial charge in [0.05, 0.1) is 0 Å². The van der Waals surface area contributed by atoms with Gasteiger partial charge in [0, 0.05) is 6.42 Å². The van der Waals surface area contributed by atoms with E-state index in [2.05, 4.69) is 0 Å². The van der Waals surface area contributed by atoms with E-state index in [1.165, 1.54) is 12.1 Å². The Hall–Kier alpha value is -1.63. The van der Waals surface area contributed by atoms with Crippen LogP contribution in [0.1, 0.15) is 5.56 Å². The van der Waals surface area contributed by atoms with Gasteiger partial charge in [-0.3, -0.25) is 16.5 Å². The fraction of sp³-hybridized carbons (Fsp3) is 0.222. The van der Waals surface area contributed by atoms with Crippen molar-refractivity contribution in [1.82, 2.24) is 5.12 Å². The number of aliphatic carboxylic acids is 1. The number of phenols is 1. The molecule has 82 valence electrons. The molecule has 0 amide bonds. The van der Waals surface area contributed by atoms with Crippen molar-refractivity contribution in [2.45, 2.75) is 12.5 Å². The molecule has 0 aliphatic carbocycles. The molecule has 6 N–H and O–H groups in total. The molecule has 6 heteroatoms. The number of nitrogens with zero attached hydrogens (tertiary/aromatic N) is 1. The SMILES string of the molecule is NN(N)[C@@H](Cc1ccc(O)cc1)C(=O)O. The first-order valence-corrected chi connectivity index (χ1v) is 4.30. The third-order valence-electron chi connectivity index (χ3n) is 2.01. The van der Waals surface area contributed by atoms with Gasteiger partial charge in [-0.25, -0.2) is 0 Å². The average Bonchev–Trinajstić information content (AvgIpc) is 2.15. The molecule has 0 bridgehead atoms. The molecule has 0 heterocycles. The Balaban J connectivity index is 2.74. The van der Waals surface area contributed by atoms with E-state index in [-0.39, 0.29) is 12.2 Å². The summed E-state index contributed by atoms with van der Waals surface area (Å²) in [6.45, 7) is 0. The quantitative estimate of drug-likeness (QED) is 0.392. The number of benzene rings is 1. The molecule has 6 nitrogen and oxygen atoms in total. The van der Waals surface area contributed by atoms with Crippen molar-refractivity contribution in [1.29, 1.82) is 0 Å². The lowest BCUT2D eigenvalue weighted by atomic mass is 10.1. The number of hydrazine groups is 2. The number of rotatable bonds is 4. The number of carbonyl (C=O) groups is 1. The number of aromatic hydroxyl groups is 1. The number of carboxylic acid groups (broad SMARTS) is 1. The van der Waals surface area contributed by atoms with E-state index in [9.17, 15) is 4.79 Å². The van der Waals surface area contributed by atoms with E-state index in [0.717, 1.165) is 5.56 Å². The molecule has 1 rings (SSSR count). The van der Waals surface area contributed by atoms with E-state index in [1.54, 1.807) is 12.1 Å². The number of nitrogens with two attached hydrogens (primary N) is 2. The highest BCUT2D eigenvalue weighted by Gasteiger charge is 2.21. The Bertz CT molecular complexity index is 337. The molecule has 1 aromatic carbocycles. The second-order valence-electron chi connectivity index (χ2n) is 3.17. The van der Waals surface area contributed by atoms with Crippen LogP contribution in [-0.2, 0) is 11.2 Å². The largest absolute Gasteiger partial charge is 0.508 e. The van der Waals surface area contributed by atoms with Crippen molar-refractivity contribution >= 4 is 5.97 Å². The second kappa shape index (κ2) is 4.74. The van der Waals surface area contributed by atoms with Crippen molar-refractivity contribution in [3.63, 3.8) is 0 Å². The van der Waals surface area contributed by atoms with Crippen molar-refractivity contribution in [3.8, 4) is 5.75 Å². The maximum Gasteiger partial charge on any atom is 0.324 e. The lowest BCUT2D eigenvalue weighted by Gasteiger charge is -2.18. The molecule has 0 saturated heterocycles. The highest BCUT2D eigenvalue weighted by Crippen LogP contribution is 2.12. The normalized spacial score (nSPS) is 12.7. The topological polar surface area (TPSA) is 113 Å². The zero-order valence-corrected chi connectivity index (χ0v) is 8.00. The zero-order valence-electron chi connectivity index (χ0n) is 8.00. The summed E-state index contributed by atoms with van der Waals surface area (Å²) in [5.41, 5.74) is 0.737. The van der Waals surface area contributed by atoms with Gasteiger partial charge in [0.1, 0.15) is 11.8 Å². The molecule has 0 unspecified atom stereocenters. The van der Waals surface area contributed by atoms with E-state index in [0.29, 0.717) is 5.12 Å². The van der Waals surface area contributed by atoms with Crippen LogP contribution < -0.4 is 11.7 Å². The first kappa shape index (κ1) is 11.4. The predicted molar refractivity (Wildman–Crippen MR) is 53.4 cm³/mol. The second-order valence-corrected chi connectivity index (χ2v) is 3.17. The van der Waals surface area contributed by atoms with E-state index in [4.69, 9.17) is 21.9 Å². The minimum absolute atomic E-state index is 0.128. The molecule has 1 aromatic rings. The third-order valence-corrected chi connectivity index (χ3v) is 2.01. The van der Waals surface area contributed by atoms with Crippen LogP contribution in [0.4, 0.5) is 0 Å². The number of phenolic OH excluding ortho intramolecular Hbond substituents is 1. The molecular formula is C9H13N3O3. The Morgan fingerprint density at radius 2 is 1.87 bits per heavy atom. The van der Waals surface area contributed by atoms with E-state index < -0.39 is 12.0 Å². The van der Waals surface area contributed by atoms with Gasteiger partial charge in [0.15, 0.2) is 0 Å². The summed E-state index contributed by atoms with van der Waals surface area (Å²) >= 11 is 0. The van der Waals surface area contributed by atoms with Gasteiger partial charge in [-0.15, -0.1) is 0 Å². The van der Waals surface area contributed by atoms with Gasteiger partial charge >= 0.3 is 5.97 Å². The highest BCUT2D eigenvalue weighted by atomic mass is 16.4. The Kier molecular flexibility index (Phi) is 3.62. The lowest BCUT2D eigenvalue weighted by molar-refractivity contribution is -0.143. The molecule has 0 radical (unpaired) electrons. The molecule has 0 aliphatic heterocycles. The minimum Gasteiger partial charge on any atom is -0.508 e. The zero-order chi connectivity index (χ0) is 11.4. The van der Waals surface area contributed by atoms with Crippen molar-refractivity contribution in [3.05, 3.63) is 29.8 Å². The monoisotopic (exact) mass is 211 g/mol. The fourth-order valence-corrected chi connectivity index (χ4v) is 1.18. The van der Waals surface area contributed by atoms with Gasteiger partial charge < -0.3 is 10.2 Å². The van der Waals surface area contributed by atoms with Crippen LogP contribution in [0, 0.1) is 0 Å². The van der Waals surface area contributed by atoms with Gasteiger partial charge in [-0.05, 0) is 17.7 Å². The highest BCUT2D eigenvalue weighted by molar-refractivity contribution is 5.73. The Labute approximate surface area is 86.7 Å². The number of carboxylic acids is 1. The first-order valence-electron chi connectivity index (χ1n) is 4.30. The summed E-state index contributed by atoms with van der Waals surface area (Å²) in [6.07, 6.45) is 0.183. The van der Waals surface area contributed by atoms with Gasteiger partial charge in [-0.1, -0.05) is 12.1 Å². The van der Waals surface area contributed by atoms with Gasteiger partial charge in [-0.2, -0.15) is 5.12 Å². The first-order chi connectivity index (χ1) is 7.00. The van der Waals surface area contributed by atoms with Crippen molar-refractivity contribution in [2.75, 3.05) is 0 Å². The minimum atomic E-state index is -1.09. The summed E-state index contributed by atoms with van der Waals surface area (Å²) in [4.78, 5) is 10.8. The van der Waals surface area contributed by atoms with Crippen LogP contribution in [0.5, 0.6) is 5.75 Å². The lowest BCUT2D eigenvalue weighted by Crippen LogP contribution is -2.51. The Morgan fingerprint density at radius 1 is 1.33 bits per heavy atom. The predicted octanol–water partition coefficient (Wildman–Crippen LogP) is -0.563. The maximum atomic E-state index is 10.8. The summed E-state index contributed by atoms with van der Waals surface area (Å²) < 4.78 is 0. The standard InChI is InChI=1S/C9H13N3O3/c10-12(11)8(9(14)15)5-6-1-3-7(13)4-2-6/h1-4,8,13H,5,10-11H2,(H,14,15)/t8-/m0/s1. The summed E-state index contributed by atoms with van der Waals surface area (Å²) in [7, 11) is 0. The Morgan fingerprint density at radius 3 is 2.27 bits per heavy atom. The number of hydrogen-bond acceptors (Lipinski definition) is 5. The molecule has 1 atom stereocenters. The average molecular weight is 211 g/mol. The molecule has 0 aliphatic rings. The van der Waals surface area contributed by atoms with Crippen LogP contribution >= 0.6 is 0 Å². The summed E-state index contributed by atoms with van der Waals surface area (Å²) in [5, 5.41) is 18.5. The van der Waals surface area contributed by atoms with Gasteiger partial charge in [0.2, 0.25) is 0 Å². The van der Waals surface area contributed by atoms with Crippen LogP contribution in [0.2, 0.25) is 0 Å². The molecule has 0 fully saturated rings. The fourth-order valence-electron chi connectivity index (χ4n) is 1.18. The summed E-state index contributed by atoms with van der Waals surface area (Å²) in [5.74, 6) is 9.43. The van der Waals surface area contributed by atoms with E-state index >= 15 is 0 Å². The maximum absolute atomic E-state index is 10.8. The number of hydrogen-bond donors (Lipinski definition) is 4. The van der Waals surface area contributed by atoms with Crippen molar-refractivity contribution in [2.24, 2.45) is 11.7 Å². The molecule has 0 saturated carbocycles. The third kappa shape index (κ3) is 3.21. The molecular weight excluding hydrogens is 198 g/mol. The van der Waals surface area contributed by atoms with Crippen LogP contribution in [-0.4, -0.2) is 27.3 Å². The van der Waals surface area contributed by atoms with E-state index in [1.807, 2.05) is 0 Å². The molecule has 0 spiro atoms. The van der Waals surface area contributed by atoms with Gasteiger partial charge in [0.25, 0.3) is 0 Å². The summed E-state index contributed by atoms with van der Waals surface area (Å²) in [6, 6.07) is 5.22. The smallest absolute Gasteiger partial charge is 0.324 e. The van der Waals surface area contributed by atoms with Crippen LogP contribution in [0.25, 0.3) is 0 Å².